The molecular formula is C20H15Cl4F3N2O2S. The normalized spacial score (nSPS) is 19.3. The van der Waals surface area contributed by atoms with E-state index in [2.05, 4.69) is 10.8 Å². The van der Waals surface area contributed by atoms with Crippen molar-refractivity contribution in [1.29, 1.82) is 0 Å². The predicted octanol–water partition coefficient (Wildman–Crippen LogP) is 7.32. The summed E-state index contributed by atoms with van der Waals surface area (Å²) in [6.45, 7) is 1.73. The minimum Gasteiger partial charge on any atom is -0.324 e. The maximum atomic E-state index is 14.1. The quantitative estimate of drug-likeness (QED) is 0.386. The zero-order chi connectivity index (χ0) is 23.8. The van der Waals surface area contributed by atoms with Gasteiger partial charge in [0.05, 0.1) is 36.7 Å². The number of hydrogen-bond acceptors (Lipinski definition) is 4. The van der Waals surface area contributed by atoms with Gasteiger partial charge in [-0.05, 0) is 43.5 Å². The van der Waals surface area contributed by atoms with Crippen LogP contribution in [0.3, 0.4) is 0 Å². The minimum absolute atomic E-state index is 0.0155. The summed E-state index contributed by atoms with van der Waals surface area (Å²) in [6, 6.07) is 6.50. The van der Waals surface area contributed by atoms with Gasteiger partial charge in [-0.15, -0.1) is 0 Å². The molecule has 172 valence electrons. The fourth-order valence-electron chi connectivity index (χ4n) is 2.88. The van der Waals surface area contributed by atoms with E-state index in [0.717, 1.165) is 18.2 Å². The second kappa shape index (κ2) is 9.52. The van der Waals surface area contributed by atoms with Crippen LogP contribution in [0.5, 0.6) is 0 Å². The highest BCUT2D eigenvalue weighted by Crippen LogP contribution is 2.49. The molecule has 3 rings (SSSR count). The van der Waals surface area contributed by atoms with Crippen LogP contribution >= 0.6 is 58.2 Å². The molecule has 0 spiro atoms. The highest BCUT2D eigenvalue weighted by molar-refractivity contribution is 7.99. The smallest absolute Gasteiger partial charge is 0.324 e. The number of thioether (sulfide) groups is 1. The monoisotopic (exact) mass is 544 g/mol. The molecular weight excluding hydrogens is 531 g/mol. The lowest BCUT2D eigenvalue weighted by molar-refractivity contribution is -0.269. The number of benzene rings is 2. The van der Waals surface area contributed by atoms with Crippen LogP contribution in [0, 0.1) is 0 Å². The first-order chi connectivity index (χ1) is 14.9. The standard InChI is InChI=1S/C20H15Cl4F3N2O2S/c1-9(32-2)18(30)28-15-4-3-10(5-12(15)21)16-8-19(31-29-16,20(25,26)27)11-6-13(22)17(24)14(23)7-11/h3-9,29H,1-2H3,(H,28,30). The number of hydroxylamine groups is 1. The number of amides is 1. The van der Waals surface area contributed by atoms with E-state index in [1.807, 2.05) is 0 Å². The first-order valence-corrected chi connectivity index (χ1v) is 11.7. The third kappa shape index (κ3) is 4.81. The Kier molecular flexibility index (Phi) is 7.54. The minimum atomic E-state index is -4.87. The molecule has 32 heavy (non-hydrogen) atoms. The number of alkyl halides is 3. The summed E-state index contributed by atoms with van der Waals surface area (Å²) in [4.78, 5) is 17.1. The van der Waals surface area contributed by atoms with E-state index in [4.69, 9.17) is 51.2 Å². The fourth-order valence-corrected chi connectivity index (χ4v) is 3.98. The largest absolute Gasteiger partial charge is 0.428 e. The Morgan fingerprint density at radius 1 is 1.12 bits per heavy atom. The number of anilines is 1. The van der Waals surface area contributed by atoms with Gasteiger partial charge >= 0.3 is 6.18 Å². The Morgan fingerprint density at radius 2 is 1.75 bits per heavy atom. The third-order valence-electron chi connectivity index (χ3n) is 4.76. The van der Waals surface area contributed by atoms with Crippen molar-refractivity contribution in [3.8, 4) is 0 Å². The molecule has 0 aliphatic carbocycles. The molecule has 0 aromatic heterocycles. The van der Waals surface area contributed by atoms with Crippen LogP contribution in [0.15, 0.2) is 36.4 Å². The molecule has 2 atom stereocenters. The van der Waals surface area contributed by atoms with Gasteiger partial charge in [-0.3, -0.25) is 15.1 Å². The van der Waals surface area contributed by atoms with Crippen molar-refractivity contribution in [2.45, 2.75) is 24.0 Å². The summed E-state index contributed by atoms with van der Waals surface area (Å²) in [5.74, 6) is -0.249. The number of nitrogens with one attached hydrogen (secondary N) is 2. The third-order valence-corrected chi connectivity index (χ3v) is 7.19. The van der Waals surface area contributed by atoms with Gasteiger partial charge in [-0.1, -0.05) is 52.5 Å². The molecule has 2 N–H and O–H groups in total. The lowest BCUT2D eigenvalue weighted by atomic mass is 9.91. The molecule has 0 radical (unpaired) electrons. The van der Waals surface area contributed by atoms with E-state index >= 15 is 0 Å². The molecule has 1 aliphatic heterocycles. The summed E-state index contributed by atoms with van der Waals surface area (Å²) in [6.07, 6.45) is -2.21. The summed E-state index contributed by atoms with van der Waals surface area (Å²) in [5.41, 5.74) is -0.255. The Bertz CT molecular complexity index is 1070. The van der Waals surface area contributed by atoms with Crippen molar-refractivity contribution in [3.05, 3.63) is 67.6 Å². The SMILES string of the molecule is CSC(C)C(=O)Nc1ccc(C2=CC(c3cc(Cl)c(Cl)c(Cl)c3)(C(F)(F)F)ON2)cc1Cl. The summed E-state index contributed by atoms with van der Waals surface area (Å²) in [7, 11) is 0. The lowest BCUT2D eigenvalue weighted by Crippen LogP contribution is -2.42. The molecule has 1 heterocycles. The van der Waals surface area contributed by atoms with Gasteiger partial charge in [-0.2, -0.15) is 24.9 Å². The summed E-state index contributed by atoms with van der Waals surface area (Å²) in [5, 5.41) is 2.16. The van der Waals surface area contributed by atoms with Crippen molar-refractivity contribution < 1.29 is 22.8 Å². The van der Waals surface area contributed by atoms with E-state index in [9.17, 15) is 18.0 Å². The van der Waals surface area contributed by atoms with E-state index in [1.165, 1.54) is 30.0 Å². The number of rotatable bonds is 5. The van der Waals surface area contributed by atoms with E-state index in [1.54, 1.807) is 13.2 Å². The van der Waals surface area contributed by atoms with Gasteiger partial charge in [0.1, 0.15) is 0 Å². The van der Waals surface area contributed by atoms with Crippen molar-refractivity contribution in [2.75, 3.05) is 11.6 Å². The van der Waals surface area contributed by atoms with Gasteiger partial charge in [0.15, 0.2) is 0 Å². The molecule has 0 saturated carbocycles. The van der Waals surface area contributed by atoms with Crippen LogP contribution < -0.4 is 10.8 Å². The molecule has 2 unspecified atom stereocenters. The number of hydrogen-bond donors (Lipinski definition) is 2. The van der Waals surface area contributed by atoms with Gasteiger partial charge in [0.2, 0.25) is 11.5 Å². The summed E-state index contributed by atoms with van der Waals surface area (Å²) < 4.78 is 42.4. The molecule has 1 amide bonds. The van der Waals surface area contributed by atoms with Crippen LogP contribution in [0.4, 0.5) is 18.9 Å². The van der Waals surface area contributed by atoms with Crippen LogP contribution in [0.1, 0.15) is 18.1 Å². The van der Waals surface area contributed by atoms with Crippen LogP contribution in [0.25, 0.3) is 5.70 Å². The summed E-state index contributed by atoms with van der Waals surface area (Å²) >= 11 is 25.4. The number of halogens is 7. The highest BCUT2D eigenvalue weighted by atomic mass is 35.5. The number of carbonyl (C=O) groups excluding carboxylic acids is 1. The zero-order valence-corrected chi connectivity index (χ0v) is 20.3. The van der Waals surface area contributed by atoms with E-state index in [-0.39, 0.29) is 42.5 Å². The molecule has 0 bridgehead atoms. The average Bonchev–Trinajstić information content (AvgIpc) is 3.19. The van der Waals surface area contributed by atoms with Gasteiger partial charge in [0.25, 0.3) is 0 Å². The highest BCUT2D eigenvalue weighted by Gasteiger charge is 2.59. The van der Waals surface area contributed by atoms with Crippen molar-refractivity contribution in [3.63, 3.8) is 0 Å². The average molecular weight is 546 g/mol. The fraction of sp³-hybridized carbons (Fsp3) is 0.250. The Morgan fingerprint density at radius 3 is 2.28 bits per heavy atom. The van der Waals surface area contributed by atoms with E-state index in [0.29, 0.717) is 11.3 Å². The molecule has 0 saturated heterocycles. The van der Waals surface area contributed by atoms with Gasteiger partial charge in [0, 0.05) is 11.1 Å². The van der Waals surface area contributed by atoms with Crippen molar-refractivity contribution in [2.24, 2.45) is 0 Å². The topological polar surface area (TPSA) is 50.4 Å². The van der Waals surface area contributed by atoms with Gasteiger partial charge < -0.3 is 5.32 Å². The molecule has 12 heteroatoms. The second-order valence-electron chi connectivity index (χ2n) is 6.81. The maximum Gasteiger partial charge on any atom is 0.428 e. The van der Waals surface area contributed by atoms with Gasteiger partial charge in [-0.25, -0.2) is 0 Å². The molecule has 1 aliphatic rings. The first-order valence-electron chi connectivity index (χ1n) is 8.92. The second-order valence-corrected chi connectivity index (χ2v) is 9.59. The first kappa shape index (κ1) is 25.3. The zero-order valence-electron chi connectivity index (χ0n) is 16.4. The molecule has 4 nitrogen and oxygen atoms in total. The number of carbonyl (C=O) groups is 1. The molecule has 2 aromatic rings. The maximum absolute atomic E-state index is 14.1. The van der Waals surface area contributed by atoms with Crippen molar-refractivity contribution >= 4 is 75.5 Å². The predicted molar refractivity (Wildman–Crippen MR) is 124 cm³/mol. The van der Waals surface area contributed by atoms with Crippen LogP contribution in [-0.2, 0) is 15.2 Å². The Balaban J connectivity index is 2.00. The Hall–Kier alpha value is -1.29. The van der Waals surface area contributed by atoms with Crippen LogP contribution in [-0.4, -0.2) is 23.6 Å². The van der Waals surface area contributed by atoms with Crippen LogP contribution in [0.2, 0.25) is 20.1 Å². The molecule has 0 fully saturated rings. The lowest BCUT2D eigenvalue weighted by Gasteiger charge is -2.29. The van der Waals surface area contributed by atoms with E-state index < -0.39 is 11.8 Å². The Labute approximate surface area is 206 Å². The molecule has 2 aromatic carbocycles. The van der Waals surface area contributed by atoms with Crippen molar-refractivity contribution in [1.82, 2.24) is 5.48 Å².